The monoisotopic (exact) mass is 250 g/mol. The molecule has 1 N–H and O–H groups in total. The minimum absolute atomic E-state index is 0.0301. The second kappa shape index (κ2) is 7.42. The molecule has 0 radical (unpaired) electrons. The van der Waals surface area contributed by atoms with Gasteiger partial charge in [0.25, 0.3) is 0 Å². The van der Waals surface area contributed by atoms with Crippen molar-refractivity contribution in [2.75, 3.05) is 13.7 Å². The standard InChI is InChI=1S/C16H26O2/c1-4-6-10-16(5-2,13-17)12-14-8-7-9-15(11-14)18-3/h7-9,11,17H,4-6,10,12-13H2,1-3H3. The van der Waals surface area contributed by atoms with Gasteiger partial charge in [-0.1, -0.05) is 38.8 Å². The van der Waals surface area contributed by atoms with Crippen molar-refractivity contribution in [2.24, 2.45) is 5.41 Å². The molecular weight excluding hydrogens is 224 g/mol. The maximum Gasteiger partial charge on any atom is 0.119 e. The molecule has 1 aromatic carbocycles. The molecule has 0 amide bonds. The summed E-state index contributed by atoms with van der Waals surface area (Å²) in [6, 6.07) is 8.18. The van der Waals surface area contributed by atoms with Gasteiger partial charge < -0.3 is 9.84 Å². The van der Waals surface area contributed by atoms with Gasteiger partial charge in [0.2, 0.25) is 0 Å². The second-order valence-electron chi connectivity index (χ2n) is 5.14. The number of hydrogen-bond acceptors (Lipinski definition) is 2. The predicted octanol–water partition coefficient (Wildman–Crippen LogP) is 3.82. The first-order valence-electron chi connectivity index (χ1n) is 6.93. The Morgan fingerprint density at radius 2 is 2.06 bits per heavy atom. The lowest BCUT2D eigenvalue weighted by Crippen LogP contribution is -2.27. The Labute approximate surface area is 111 Å². The minimum Gasteiger partial charge on any atom is -0.497 e. The normalized spacial score (nSPS) is 14.2. The Morgan fingerprint density at radius 1 is 1.28 bits per heavy atom. The van der Waals surface area contributed by atoms with Crippen LogP contribution in [0.5, 0.6) is 5.75 Å². The van der Waals surface area contributed by atoms with E-state index in [0.717, 1.165) is 25.0 Å². The molecule has 2 nitrogen and oxygen atoms in total. The molecule has 1 aromatic rings. The van der Waals surface area contributed by atoms with Crippen molar-refractivity contribution < 1.29 is 9.84 Å². The maximum absolute atomic E-state index is 9.76. The number of unbranched alkanes of at least 4 members (excludes halogenated alkanes) is 1. The second-order valence-corrected chi connectivity index (χ2v) is 5.14. The number of ether oxygens (including phenoxy) is 1. The number of aliphatic hydroxyl groups excluding tert-OH is 1. The zero-order chi connectivity index (χ0) is 13.4. The first-order valence-corrected chi connectivity index (χ1v) is 6.93. The van der Waals surface area contributed by atoms with Crippen LogP contribution in [0.3, 0.4) is 0 Å². The number of methoxy groups -OCH3 is 1. The summed E-state index contributed by atoms with van der Waals surface area (Å²) in [5, 5.41) is 9.76. The highest BCUT2D eigenvalue weighted by molar-refractivity contribution is 5.29. The van der Waals surface area contributed by atoms with Crippen LogP contribution in [-0.4, -0.2) is 18.8 Å². The van der Waals surface area contributed by atoms with Crippen LogP contribution in [0.25, 0.3) is 0 Å². The molecule has 1 rings (SSSR count). The lowest BCUT2D eigenvalue weighted by Gasteiger charge is -2.31. The van der Waals surface area contributed by atoms with E-state index in [2.05, 4.69) is 26.0 Å². The van der Waals surface area contributed by atoms with Gasteiger partial charge in [0.05, 0.1) is 7.11 Å². The van der Waals surface area contributed by atoms with Crippen molar-refractivity contribution in [1.82, 2.24) is 0 Å². The van der Waals surface area contributed by atoms with Crippen LogP contribution in [0.15, 0.2) is 24.3 Å². The molecule has 2 heteroatoms. The van der Waals surface area contributed by atoms with Crippen LogP contribution in [0.4, 0.5) is 0 Å². The van der Waals surface area contributed by atoms with E-state index in [-0.39, 0.29) is 12.0 Å². The van der Waals surface area contributed by atoms with Crippen LogP contribution in [-0.2, 0) is 6.42 Å². The Bertz CT molecular complexity index is 343. The molecular formula is C16H26O2. The molecule has 0 spiro atoms. The molecule has 0 heterocycles. The Kier molecular flexibility index (Phi) is 6.20. The van der Waals surface area contributed by atoms with Crippen molar-refractivity contribution in [3.05, 3.63) is 29.8 Å². The Morgan fingerprint density at radius 3 is 2.61 bits per heavy atom. The first-order chi connectivity index (χ1) is 8.69. The topological polar surface area (TPSA) is 29.5 Å². The molecule has 0 aliphatic heterocycles. The molecule has 0 aliphatic carbocycles. The molecule has 0 fully saturated rings. The van der Waals surface area contributed by atoms with Crippen molar-refractivity contribution >= 4 is 0 Å². The van der Waals surface area contributed by atoms with Crippen LogP contribution < -0.4 is 4.74 Å². The number of hydrogen-bond donors (Lipinski definition) is 1. The Hall–Kier alpha value is -1.02. The zero-order valence-electron chi connectivity index (χ0n) is 11.9. The van der Waals surface area contributed by atoms with E-state index >= 15 is 0 Å². The average Bonchev–Trinajstić information content (AvgIpc) is 2.44. The van der Waals surface area contributed by atoms with E-state index in [1.54, 1.807) is 7.11 Å². The summed E-state index contributed by atoms with van der Waals surface area (Å²) in [7, 11) is 1.69. The van der Waals surface area contributed by atoms with E-state index in [0.29, 0.717) is 0 Å². The van der Waals surface area contributed by atoms with Gasteiger partial charge in [0, 0.05) is 6.61 Å². The third kappa shape index (κ3) is 4.02. The highest BCUT2D eigenvalue weighted by Gasteiger charge is 2.27. The molecule has 1 atom stereocenters. The van der Waals surface area contributed by atoms with E-state index < -0.39 is 0 Å². The molecule has 0 aliphatic rings. The largest absolute Gasteiger partial charge is 0.497 e. The van der Waals surface area contributed by atoms with Gasteiger partial charge in [0.15, 0.2) is 0 Å². The number of aliphatic hydroxyl groups is 1. The van der Waals surface area contributed by atoms with Crippen LogP contribution in [0.1, 0.15) is 45.1 Å². The lowest BCUT2D eigenvalue weighted by atomic mass is 9.76. The molecule has 0 bridgehead atoms. The summed E-state index contributed by atoms with van der Waals surface area (Å²) in [5.74, 6) is 0.894. The van der Waals surface area contributed by atoms with Gasteiger partial charge in [-0.25, -0.2) is 0 Å². The molecule has 102 valence electrons. The van der Waals surface area contributed by atoms with Gasteiger partial charge in [-0.2, -0.15) is 0 Å². The third-order valence-corrected chi connectivity index (χ3v) is 3.86. The molecule has 0 saturated carbocycles. The van der Waals surface area contributed by atoms with E-state index in [1.807, 2.05) is 12.1 Å². The van der Waals surface area contributed by atoms with E-state index in [4.69, 9.17) is 4.74 Å². The Balaban J connectivity index is 2.81. The summed E-state index contributed by atoms with van der Waals surface area (Å²) in [4.78, 5) is 0. The fraction of sp³-hybridized carbons (Fsp3) is 0.625. The van der Waals surface area contributed by atoms with Crippen LogP contribution in [0, 0.1) is 5.41 Å². The SMILES string of the molecule is CCCCC(CC)(CO)Cc1cccc(OC)c1. The summed E-state index contributed by atoms with van der Waals surface area (Å²) < 4.78 is 5.26. The van der Waals surface area contributed by atoms with Crippen molar-refractivity contribution in [3.8, 4) is 5.75 Å². The highest BCUT2D eigenvalue weighted by atomic mass is 16.5. The van der Waals surface area contributed by atoms with Crippen molar-refractivity contribution in [1.29, 1.82) is 0 Å². The van der Waals surface area contributed by atoms with Crippen LogP contribution >= 0.6 is 0 Å². The fourth-order valence-corrected chi connectivity index (χ4v) is 2.40. The third-order valence-electron chi connectivity index (χ3n) is 3.86. The highest BCUT2D eigenvalue weighted by Crippen LogP contribution is 2.33. The number of rotatable bonds is 8. The van der Waals surface area contributed by atoms with Gasteiger partial charge in [-0.05, 0) is 42.4 Å². The van der Waals surface area contributed by atoms with Crippen molar-refractivity contribution in [3.63, 3.8) is 0 Å². The van der Waals surface area contributed by atoms with Crippen LogP contribution in [0.2, 0.25) is 0 Å². The van der Waals surface area contributed by atoms with Gasteiger partial charge in [-0.3, -0.25) is 0 Å². The maximum atomic E-state index is 9.76. The quantitative estimate of drug-likeness (QED) is 0.760. The smallest absolute Gasteiger partial charge is 0.119 e. The van der Waals surface area contributed by atoms with Gasteiger partial charge in [0.1, 0.15) is 5.75 Å². The molecule has 0 saturated heterocycles. The zero-order valence-corrected chi connectivity index (χ0v) is 11.9. The summed E-state index contributed by atoms with van der Waals surface area (Å²) in [5.41, 5.74) is 1.28. The molecule has 0 aromatic heterocycles. The average molecular weight is 250 g/mol. The minimum atomic E-state index is 0.0301. The number of benzene rings is 1. The molecule has 1 unspecified atom stereocenters. The van der Waals surface area contributed by atoms with Gasteiger partial charge >= 0.3 is 0 Å². The lowest BCUT2D eigenvalue weighted by molar-refractivity contribution is 0.107. The van der Waals surface area contributed by atoms with Crippen molar-refractivity contribution in [2.45, 2.75) is 46.0 Å². The summed E-state index contributed by atoms with van der Waals surface area (Å²) >= 11 is 0. The summed E-state index contributed by atoms with van der Waals surface area (Å²) in [6.07, 6.45) is 5.39. The fourth-order valence-electron chi connectivity index (χ4n) is 2.40. The molecule has 18 heavy (non-hydrogen) atoms. The summed E-state index contributed by atoms with van der Waals surface area (Å²) in [6.45, 7) is 4.64. The van der Waals surface area contributed by atoms with Gasteiger partial charge in [-0.15, -0.1) is 0 Å². The van der Waals surface area contributed by atoms with E-state index in [1.165, 1.54) is 18.4 Å². The first kappa shape index (κ1) is 15.0. The predicted molar refractivity (Wildman–Crippen MR) is 76.0 cm³/mol. The van der Waals surface area contributed by atoms with E-state index in [9.17, 15) is 5.11 Å².